The molecule has 0 bridgehead atoms. The van der Waals surface area contributed by atoms with Crippen LogP contribution in [0.2, 0.25) is 5.02 Å². The predicted octanol–water partition coefficient (Wildman–Crippen LogP) is 2.38. The summed E-state index contributed by atoms with van der Waals surface area (Å²) in [6, 6.07) is 5.46. The molecule has 1 aromatic carbocycles. The maximum atomic E-state index is 12.2. The first-order chi connectivity index (χ1) is 17.5. The molecule has 2 aliphatic heterocycles. The van der Waals surface area contributed by atoms with Crippen LogP contribution in [0.3, 0.4) is 0 Å². The number of hydrogen-bond donors (Lipinski definition) is 1. The molecule has 0 amide bonds. The Balaban J connectivity index is 1.58. The van der Waals surface area contributed by atoms with Gasteiger partial charge in [-0.3, -0.25) is 4.90 Å². The van der Waals surface area contributed by atoms with Crippen LogP contribution in [-0.4, -0.2) is 82.3 Å². The summed E-state index contributed by atoms with van der Waals surface area (Å²) in [5, 5.41) is 21.4. The number of fused-ring (bicyclic) bond motifs is 1. The molecule has 2 saturated heterocycles. The second-order valence-corrected chi connectivity index (χ2v) is 12.8. The van der Waals surface area contributed by atoms with Crippen LogP contribution in [-0.2, 0) is 29.2 Å². The van der Waals surface area contributed by atoms with Crippen LogP contribution in [0.1, 0.15) is 36.6 Å². The molecule has 2 aromatic heterocycles. The fourth-order valence-electron chi connectivity index (χ4n) is 5.43. The molecule has 10 nitrogen and oxygen atoms in total. The number of methoxy groups -OCH3 is 1. The van der Waals surface area contributed by atoms with E-state index in [4.69, 9.17) is 21.3 Å². The number of hydrogen-bond acceptors (Lipinski definition) is 8. The van der Waals surface area contributed by atoms with Crippen molar-refractivity contribution < 1.29 is 18.3 Å². The zero-order valence-corrected chi connectivity index (χ0v) is 23.1. The highest BCUT2D eigenvalue weighted by Gasteiger charge is 2.50. The van der Waals surface area contributed by atoms with Gasteiger partial charge in [0.1, 0.15) is 5.60 Å². The molecular formula is C25H33ClN6O4S. The van der Waals surface area contributed by atoms with Gasteiger partial charge in [0.25, 0.3) is 0 Å². The van der Waals surface area contributed by atoms with Gasteiger partial charge in [0.2, 0.25) is 15.9 Å². The third kappa shape index (κ3) is 4.72. The number of rotatable bonds is 7. The summed E-state index contributed by atoms with van der Waals surface area (Å²) >= 11 is 7.02. The molecule has 1 unspecified atom stereocenters. The molecule has 3 aromatic rings. The van der Waals surface area contributed by atoms with Crippen LogP contribution < -0.4 is 4.74 Å². The lowest BCUT2D eigenvalue weighted by Crippen LogP contribution is -2.58. The van der Waals surface area contributed by atoms with E-state index in [0.29, 0.717) is 39.6 Å². The first-order valence-corrected chi connectivity index (χ1v) is 14.7. The summed E-state index contributed by atoms with van der Waals surface area (Å²) in [6.07, 6.45) is 4.97. The fraction of sp³-hybridized carbons (Fsp3) is 0.560. The minimum Gasteiger partial charge on any atom is -0.481 e. The number of aliphatic hydroxyl groups is 1. The van der Waals surface area contributed by atoms with Crippen molar-refractivity contribution in [2.45, 2.75) is 31.9 Å². The van der Waals surface area contributed by atoms with Crippen molar-refractivity contribution in [2.24, 2.45) is 18.9 Å². The molecule has 2 fully saturated rings. The molecule has 0 radical (unpaired) electrons. The standard InChI is InChI=1S/C25H33ClN6O4S/c1-16-7-9-31(10-8-16)15-20-23(26)19-11-17(5-6-21(19)28-24(20)36-3)25(33,22-12-27-29-30(22)2)18-13-32(14-18)37(4,34)35/h5-6,11-12,16,18,33H,7-10,13-15H2,1-4H3. The van der Waals surface area contributed by atoms with Gasteiger partial charge in [-0.2, -0.15) is 0 Å². The van der Waals surface area contributed by atoms with Crippen LogP contribution in [0.25, 0.3) is 10.9 Å². The molecule has 0 saturated carbocycles. The third-order valence-electron chi connectivity index (χ3n) is 7.88. The monoisotopic (exact) mass is 548 g/mol. The maximum absolute atomic E-state index is 12.2. The minimum absolute atomic E-state index is 0.186. The van der Waals surface area contributed by atoms with E-state index in [1.807, 2.05) is 12.1 Å². The molecule has 0 spiro atoms. The van der Waals surface area contributed by atoms with E-state index in [0.717, 1.165) is 37.4 Å². The third-order valence-corrected chi connectivity index (χ3v) is 9.55. The van der Waals surface area contributed by atoms with Gasteiger partial charge in [-0.05, 0) is 49.5 Å². The van der Waals surface area contributed by atoms with Crippen molar-refractivity contribution in [3.05, 3.63) is 46.2 Å². The van der Waals surface area contributed by atoms with Crippen LogP contribution in [0.15, 0.2) is 24.4 Å². The largest absolute Gasteiger partial charge is 0.481 e. The van der Waals surface area contributed by atoms with E-state index >= 15 is 0 Å². The molecule has 4 heterocycles. The number of nitrogens with zero attached hydrogens (tertiary/aromatic N) is 6. The van der Waals surface area contributed by atoms with Crippen molar-refractivity contribution in [1.82, 2.24) is 29.2 Å². The van der Waals surface area contributed by atoms with Crippen molar-refractivity contribution in [1.29, 1.82) is 0 Å². The molecule has 200 valence electrons. The first kappa shape index (κ1) is 26.3. The predicted molar refractivity (Wildman–Crippen MR) is 141 cm³/mol. The molecule has 5 rings (SSSR count). The lowest BCUT2D eigenvalue weighted by atomic mass is 9.75. The Hall–Kier alpha value is -2.31. The fourth-order valence-corrected chi connectivity index (χ4v) is 6.62. The van der Waals surface area contributed by atoms with Crippen molar-refractivity contribution >= 4 is 32.5 Å². The van der Waals surface area contributed by atoms with Gasteiger partial charge in [0.15, 0.2) is 0 Å². The van der Waals surface area contributed by atoms with E-state index in [9.17, 15) is 13.5 Å². The summed E-state index contributed by atoms with van der Waals surface area (Å²) in [5.74, 6) is 0.824. The number of halogens is 1. The molecule has 37 heavy (non-hydrogen) atoms. The number of piperidine rings is 1. The van der Waals surface area contributed by atoms with Gasteiger partial charge in [0.05, 0.1) is 35.8 Å². The van der Waals surface area contributed by atoms with Crippen LogP contribution >= 0.6 is 11.6 Å². The zero-order valence-electron chi connectivity index (χ0n) is 21.6. The topological polar surface area (TPSA) is 114 Å². The normalized spacial score (nSPS) is 20.2. The Bertz CT molecular complexity index is 1420. The highest BCUT2D eigenvalue weighted by atomic mass is 35.5. The summed E-state index contributed by atoms with van der Waals surface area (Å²) < 4.78 is 32.6. The number of benzene rings is 1. The number of ether oxygens (including phenoxy) is 1. The van der Waals surface area contributed by atoms with E-state index in [2.05, 4.69) is 22.1 Å². The van der Waals surface area contributed by atoms with Gasteiger partial charge in [-0.15, -0.1) is 5.10 Å². The molecular weight excluding hydrogens is 516 g/mol. The Morgan fingerprint density at radius 3 is 2.54 bits per heavy atom. The number of pyridine rings is 1. The lowest BCUT2D eigenvalue weighted by molar-refractivity contribution is -0.0412. The Morgan fingerprint density at radius 2 is 1.95 bits per heavy atom. The Morgan fingerprint density at radius 1 is 1.24 bits per heavy atom. The minimum atomic E-state index is -3.36. The average Bonchev–Trinajstić information content (AvgIpc) is 3.26. The van der Waals surface area contributed by atoms with E-state index in [1.54, 1.807) is 20.2 Å². The highest BCUT2D eigenvalue weighted by Crippen LogP contribution is 2.44. The van der Waals surface area contributed by atoms with Crippen molar-refractivity contribution in [3.8, 4) is 5.88 Å². The Kier molecular flexibility index (Phi) is 6.95. The van der Waals surface area contributed by atoms with Crippen molar-refractivity contribution in [3.63, 3.8) is 0 Å². The van der Waals surface area contributed by atoms with Crippen LogP contribution in [0.5, 0.6) is 5.88 Å². The number of sulfonamides is 1. The molecule has 2 aliphatic rings. The van der Waals surface area contributed by atoms with Gasteiger partial charge < -0.3 is 9.84 Å². The first-order valence-electron chi connectivity index (χ1n) is 12.4. The van der Waals surface area contributed by atoms with Crippen LogP contribution in [0.4, 0.5) is 0 Å². The molecule has 12 heteroatoms. The lowest BCUT2D eigenvalue weighted by Gasteiger charge is -2.46. The molecule has 0 aliphatic carbocycles. The van der Waals surface area contributed by atoms with Crippen molar-refractivity contribution in [2.75, 3.05) is 39.5 Å². The highest BCUT2D eigenvalue weighted by molar-refractivity contribution is 7.88. The SMILES string of the molecule is COc1nc2ccc(C(O)(c3cnnn3C)C3CN(S(C)(=O)=O)C3)cc2c(Cl)c1CN1CCC(C)CC1. The molecule has 1 atom stereocenters. The summed E-state index contributed by atoms with van der Waals surface area (Å²) in [5.41, 5.74) is 1.000. The van der Waals surface area contributed by atoms with E-state index in [1.165, 1.54) is 21.4 Å². The maximum Gasteiger partial charge on any atom is 0.219 e. The van der Waals surface area contributed by atoms with Gasteiger partial charge in [0, 0.05) is 43.5 Å². The second-order valence-electron chi connectivity index (χ2n) is 10.4. The summed E-state index contributed by atoms with van der Waals surface area (Å²) in [7, 11) is -0.0555. The average molecular weight is 549 g/mol. The summed E-state index contributed by atoms with van der Waals surface area (Å²) in [6.45, 7) is 5.26. The van der Waals surface area contributed by atoms with E-state index in [-0.39, 0.29) is 13.1 Å². The number of aryl methyl sites for hydroxylation is 1. The summed E-state index contributed by atoms with van der Waals surface area (Å²) in [4.78, 5) is 7.10. The second kappa shape index (κ2) is 9.77. The Labute approximate surface area is 222 Å². The van der Waals surface area contributed by atoms with E-state index < -0.39 is 21.5 Å². The van der Waals surface area contributed by atoms with Crippen LogP contribution in [0, 0.1) is 11.8 Å². The van der Waals surface area contributed by atoms with Gasteiger partial charge in [-0.1, -0.05) is 29.8 Å². The van der Waals surface area contributed by atoms with Gasteiger partial charge in [-0.25, -0.2) is 22.4 Å². The molecule has 1 N–H and O–H groups in total. The van der Waals surface area contributed by atoms with Gasteiger partial charge >= 0.3 is 0 Å². The quantitative estimate of drug-likeness (QED) is 0.479. The number of likely N-dealkylation sites (tertiary alicyclic amines) is 1. The smallest absolute Gasteiger partial charge is 0.219 e. The number of aromatic nitrogens is 4. The zero-order chi connectivity index (χ0) is 26.5.